The molecule has 0 N–H and O–H groups in total. The smallest absolute Gasteiger partial charge is 0.312 e. The monoisotopic (exact) mass is 281 g/mol. The van der Waals surface area contributed by atoms with E-state index in [1.165, 1.54) is 11.8 Å². The van der Waals surface area contributed by atoms with Crippen molar-refractivity contribution in [3.63, 3.8) is 0 Å². The number of carbonyl (C=O) groups excluding carboxylic acids is 3. The molecule has 1 radical (unpaired) electrons. The van der Waals surface area contributed by atoms with Crippen LogP contribution in [0.3, 0.4) is 0 Å². The van der Waals surface area contributed by atoms with E-state index in [1.54, 1.807) is 9.80 Å². The van der Waals surface area contributed by atoms with E-state index in [4.69, 9.17) is 0 Å². The second-order valence-electron chi connectivity index (χ2n) is 5.39. The summed E-state index contributed by atoms with van der Waals surface area (Å²) in [6, 6.07) is -0.589. The van der Waals surface area contributed by atoms with Gasteiger partial charge in [-0.05, 0) is 7.05 Å². The Bertz CT molecular complexity index is 393. The van der Waals surface area contributed by atoms with Gasteiger partial charge in [-0.1, -0.05) is 0 Å². The summed E-state index contributed by atoms with van der Waals surface area (Å²) in [4.78, 5) is 42.0. The average Bonchev–Trinajstić information content (AvgIpc) is 2.46. The molecule has 2 saturated heterocycles. The van der Waals surface area contributed by atoms with E-state index in [1.807, 2.05) is 13.5 Å². The Morgan fingerprint density at radius 2 is 1.60 bits per heavy atom. The summed E-state index contributed by atoms with van der Waals surface area (Å²) in [6.45, 7) is 5.59. The molecule has 7 heteroatoms. The van der Waals surface area contributed by atoms with Crippen LogP contribution in [0.1, 0.15) is 6.92 Å². The lowest BCUT2D eigenvalue weighted by Gasteiger charge is -2.41. The Morgan fingerprint density at radius 1 is 1.00 bits per heavy atom. The van der Waals surface area contributed by atoms with Gasteiger partial charge in [0.15, 0.2) is 0 Å². The lowest BCUT2D eigenvalue weighted by Crippen LogP contribution is -2.61. The summed E-state index contributed by atoms with van der Waals surface area (Å²) < 4.78 is 0. The molecule has 0 bridgehead atoms. The number of likely N-dealkylation sites (N-methyl/N-ethyl adjacent to an activating group) is 1. The molecular formula is C13H21N4O3. The Hall–Kier alpha value is -1.63. The topological polar surface area (TPSA) is 64.2 Å². The van der Waals surface area contributed by atoms with Crippen LogP contribution < -0.4 is 0 Å². The van der Waals surface area contributed by atoms with Crippen LogP contribution in [0, 0.1) is 0 Å². The van der Waals surface area contributed by atoms with Crippen LogP contribution in [0.4, 0.5) is 0 Å². The standard InChI is InChI=1S/C13H21N4O3/c1-11(19)16-7-8-17(10-18)12(9-16)13(20)15-5-3-14(2)4-6-15/h12H,3-9H2,1-2H3. The fourth-order valence-corrected chi connectivity index (χ4v) is 2.63. The highest BCUT2D eigenvalue weighted by Crippen LogP contribution is 2.12. The molecule has 0 aliphatic carbocycles. The highest BCUT2D eigenvalue weighted by Gasteiger charge is 2.36. The minimum atomic E-state index is -0.589. The van der Waals surface area contributed by atoms with E-state index in [0.29, 0.717) is 26.2 Å². The number of hydrogen-bond donors (Lipinski definition) is 0. The first kappa shape index (κ1) is 14.8. The Labute approximate surface area is 119 Å². The van der Waals surface area contributed by atoms with Crippen LogP contribution in [0.2, 0.25) is 0 Å². The molecular weight excluding hydrogens is 260 g/mol. The predicted octanol–water partition coefficient (Wildman–Crippen LogP) is -1.64. The average molecular weight is 281 g/mol. The molecule has 3 amide bonds. The van der Waals surface area contributed by atoms with E-state index in [-0.39, 0.29) is 18.4 Å². The lowest BCUT2D eigenvalue weighted by atomic mass is 10.1. The van der Waals surface area contributed by atoms with E-state index in [9.17, 15) is 14.4 Å². The highest BCUT2D eigenvalue weighted by molar-refractivity contribution is 5.85. The summed E-state index contributed by atoms with van der Waals surface area (Å²) in [5.74, 6) is -0.140. The third-order valence-corrected chi connectivity index (χ3v) is 4.04. The molecule has 0 aromatic heterocycles. The lowest BCUT2D eigenvalue weighted by molar-refractivity contribution is -0.142. The van der Waals surface area contributed by atoms with Crippen molar-refractivity contribution in [1.29, 1.82) is 0 Å². The fourth-order valence-electron chi connectivity index (χ4n) is 2.63. The van der Waals surface area contributed by atoms with Crippen molar-refractivity contribution >= 4 is 18.2 Å². The van der Waals surface area contributed by atoms with Crippen LogP contribution in [0.5, 0.6) is 0 Å². The second kappa shape index (κ2) is 6.21. The van der Waals surface area contributed by atoms with Gasteiger partial charge in [0.25, 0.3) is 0 Å². The summed E-state index contributed by atoms with van der Waals surface area (Å²) in [6.07, 6.45) is 1.83. The predicted molar refractivity (Wildman–Crippen MR) is 72.5 cm³/mol. The molecule has 2 aliphatic rings. The van der Waals surface area contributed by atoms with Crippen molar-refractivity contribution in [3.8, 4) is 0 Å². The molecule has 0 aromatic carbocycles. The maximum Gasteiger partial charge on any atom is 0.312 e. The molecule has 2 rings (SSSR count). The molecule has 2 heterocycles. The zero-order chi connectivity index (χ0) is 14.7. The normalized spacial score (nSPS) is 24.7. The molecule has 1 atom stereocenters. The Kier molecular flexibility index (Phi) is 4.59. The van der Waals surface area contributed by atoms with Crippen molar-refractivity contribution in [2.45, 2.75) is 13.0 Å². The first-order chi connectivity index (χ1) is 9.52. The number of rotatable bonds is 2. The molecule has 20 heavy (non-hydrogen) atoms. The van der Waals surface area contributed by atoms with Crippen molar-refractivity contribution in [2.75, 3.05) is 52.9 Å². The number of amides is 3. The number of carbonyl (C=O) groups is 2. The molecule has 2 aliphatic heterocycles. The van der Waals surface area contributed by atoms with Gasteiger partial charge in [0.2, 0.25) is 11.8 Å². The first-order valence-corrected chi connectivity index (χ1v) is 6.90. The molecule has 2 fully saturated rings. The molecule has 7 nitrogen and oxygen atoms in total. The van der Waals surface area contributed by atoms with E-state index >= 15 is 0 Å². The van der Waals surface area contributed by atoms with Crippen LogP contribution in [0.15, 0.2) is 0 Å². The first-order valence-electron chi connectivity index (χ1n) is 6.90. The van der Waals surface area contributed by atoms with Gasteiger partial charge in [-0.15, -0.1) is 0 Å². The number of piperazine rings is 2. The summed E-state index contributed by atoms with van der Waals surface area (Å²) in [7, 11) is 2.02. The number of nitrogens with zero attached hydrogens (tertiary/aromatic N) is 4. The van der Waals surface area contributed by atoms with Gasteiger partial charge in [-0.2, -0.15) is 0 Å². The molecule has 111 valence electrons. The minimum Gasteiger partial charge on any atom is -0.339 e. The van der Waals surface area contributed by atoms with E-state index in [2.05, 4.69) is 4.90 Å². The van der Waals surface area contributed by atoms with Gasteiger partial charge >= 0.3 is 6.41 Å². The maximum atomic E-state index is 12.5. The summed E-state index contributed by atoms with van der Waals surface area (Å²) in [5, 5.41) is 0. The van der Waals surface area contributed by atoms with Crippen LogP contribution >= 0.6 is 0 Å². The second-order valence-corrected chi connectivity index (χ2v) is 5.39. The van der Waals surface area contributed by atoms with Gasteiger partial charge in [0.1, 0.15) is 6.04 Å². The van der Waals surface area contributed by atoms with Crippen LogP contribution in [0.25, 0.3) is 0 Å². The van der Waals surface area contributed by atoms with Gasteiger partial charge in [0, 0.05) is 46.2 Å². The molecule has 1 unspecified atom stereocenters. The highest BCUT2D eigenvalue weighted by atomic mass is 16.2. The summed E-state index contributed by atoms with van der Waals surface area (Å²) >= 11 is 0. The van der Waals surface area contributed by atoms with Gasteiger partial charge in [-0.3, -0.25) is 14.4 Å². The van der Waals surface area contributed by atoms with Crippen molar-refractivity contribution in [1.82, 2.24) is 19.6 Å². The van der Waals surface area contributed by atoms with Gasteiger partial charge < -0.3 is 19.6 Å². The van der Waals surface area contributed by atoms with Crippen molar-refractivity contribution in [3.05, 3.63) is 0 Å². The Morgan fingerprint density at radius 3 is 2.15 bits per heavy atom. The Balaban J connectivity index is 2.04. The summed E-state index contributed by atoms with van der Waals surface area (Å²) in [5.41, 5.74) is 0. The van der Waals surface area contributed by atoms with Gasteiger partial charge in [-0.25, -0.2) is 0 Å². The van der Waals surface area contributed by atoms with Crippen LogP contribution in [-0.4, -0.2) is 96.7 Å². The van der Waals surface area contributed by atoms with E-state index in [0.717, 1.165) is 13.1 Å². The fraction of sp³-hybridized carbons (Fsp3) is 0.769. The SMILES string of the molecule is CC(=O)N1CCN([C]=O)C(C(=O)N2CCN(C)CC2)C1. The third kappa shape index (κ3) is 3.09. The van der Waals surface area contributed by atoms with Gasteiger partial charge in [0.05, 0.1) is 6.54 Å². The largest absolute Gasteiger partial charge is 0.339 e. The molecule has 0 saturated carbocycles. The van der Waals surface area contributed by atoms with E-state index < -0.39 is 6.04 Å². The quantitative estimate of drug-likeness (QED) is 0.609. The molecule has 0 spiro atoms. The number of hydrogen-bond acceptors (Lipinski definition) is 4. The van der Waals surface area contributed by atoms with Crippen molar-refractivity contribution in [2.24, 2.45) is 0 Å². The van der Waals surface area contributed by atoms with Crippen LogP contribution in [-0.2, 0) is 14.4 Å². The maximum absolute atomic E-state index is 12.5. The molecule has 0 aromatic rings. The minimum absolute atomic E-state index is 0.0632. The third-order valence-electron chi connectivity index (χ3n) is 4.04. The van der Waals surface area contributed by atoms with Crippen molar-refractivity contribution < 1.29 is 14.4 Å². The zero-order valence-corrected chi connectivity index (χ0v) is 12.0. The zero-order valence-electron chi connectivity index (χ0n) is 12.0.